The van der Waals surface area contributed by atoms with Crippen LogP contribution in [0.1, 0.15) is 22.5 Å². The van der Waals surface area contributed by atoms with Gasteiger partial charge in [-0.1, -0.05) is 22.9 Å². The van der Waals surface area contributed by atoms with E-state index in [2.05, 4.69) is 51.7 Å². The Kier molecular flexibility index (Phi) is 4.67. The van der Waals surface area contributed by atoms with Gasteiger partial charge in [0.25, 0.3) is 0 Å². The van der Waals surface area contributed by atoms with Gasteiger partial charge in [-0.2, -0.15) is 0 Å². The molecular weight excluding hydrogens is 368 g/mol. The molecule has 2 aromatic heterocycles. The number of hydrogen-bond acceptors (Lipinski definition) is 2. The first-order valence-electron chi connectivity index (χ1n) is 6.99. The molecule has 0 saturated heterocycles. The Balaban J connectivity index is 2.05. The second-order valence-electron chi connectivity index (χ2n) is 4.91. The van der Waals surface area contributed by atoms with Gasteiger partial charge in [-0.3, -0.25) is 0 Å². The van der Waals surface area contributed by atoms with E-state index in [0.717, 1.165) is 40.7 Å². The Hall–Kier alpha value is -0.840. The highest BCUT2D eigenvalue weighted by Crippen LogP contribution is 2.25. The molecule has 1 aromatic carbocycles. The van der Waals surface area contributed by atoms with Crippen LogP contribution in [0.5, 0.6) is 0 Å². The standard InChI is InChI=1S/C16H16BrClN2S/c1-2-12-4-5-13(21-12)10-20-15-9-11(17)3-6-14(15)19-16(20)7-8-18/h3-6,9H,2,7-8,10H2,1H3. The maximum Gasteiger partial charge on any atom is 0.111 e. The zero-order chi connectivity index (χ0) is 14.8. The number of nitrogens with zero attached hydrogens (tertiary/aromatic N) is 2. The molecule has 0 saturated carbocycles. The van der Waals surface area contributed by atoms with Gasteiger partial charge < -0.3 is 4.57 Å². The van der Waals surface area contributed by atoms with Crippen LogP contribution in [-0.4, -0.2) is 15.4 Å². The van der Waals surface area contributed by atoms with Crippen LogP contribution in [0.3, 0.4) is 0 Å². The number of fused-ring (bicyclic) bond motifs is 1. The Labute approximate surface area is 141 Å². The van der Waals surface area contributed by atoms with Gasteiger partial charge in [0.2, 0.25) is 0 Å². The van der Waals surface area contributed by atoms with Crippen molar-refractivity contribution in [2.45, 2.75) is 26.3 Å². The van der Waals surface area contributed by atoms with Gasteiger partial charge in [0.1, 0.15) is 5.82 Å². The van der Waals surface area contributed by atoms with Gasteiger partial charge in [0, 0.05) is 26.5 Å². The Morgan fingerprint density at radius 3 is 2.76 bits per heavy atom. The first-order chi connectivity index (χ1) is 10.2. The van der Waals surface area contributed by atoms with Crippen molar-refractivity contribution in [2.24, 2.45) is 0 Å². The zero-order valence-corrected chi connectivity index (χ0v) is 14.9. The molecule has 0 radical (unpaired) electrons. The van der Waals surface area contributed by atoms with Gasteiger partial charge in [0.05, 0.1) is 17.6 Å². The molecule has 0 aliphatic rings. The molecule has 3 rings (SSSR count). The fraction of sp³-hybridized carbons (Fsp3) is 0.312. The molecule has 2 nitrogen and oxygen atoms in total. The van der Waals surface area contributed by atoms with Gasteiger partial charge in [0.15, 0.2) is 0 Å². The summed E-state index contributed by atoms with van der Waals surface area (Å²) in [6.07, 6.45) is 1.88. The van der Waals surface area contributed by atoms with E-state index in [1.807, 2.05) is 17.4 Å². The topological polar surface area (TPSA) is 17.8 Å². The average molecular weight is 384 g/mol. The predicted molar refractivity (Wildman–Crippen MR) is 94.7 cm³/mol. The maximum absolute atomic E-state index is 5.94. The van der Waals surface area contributed by atoms with Gasteiger partial charge in [-0.05, 0) is 36.8 Å². The molecule has 0 aliphatic carbocycles. The second kappa shape index (κ2) is 6.51. The van der Waals surface area contributed by atoms with Crippen LogP contribution < -0.4 is 0 Å². The maximum atomic E-state index is 5.94. The van der Waals surface area contributed by atoms with Crippen molar-refractivity contribution in [1.82, 2.24) is 9.55 Å². The molecule has 0 unspecified atom stereocenters. The molecule has 5 heteroatoms. The second-order valence-corrected chi connectivity index (χ2v) is 7.45. The summed E-state index contributed by atoms with van der Waals surface area (Å²) in [6.45, 7) is 3.06. The molecule has 110 valence electrons. The van der Waals surface area contributed by atoms with Gasteiger partial charge >= 0.3 is 0 Å². The number of thiophene rings is 1. The largest absolute Gasteiger partial charge is 0.323 e. The average Bonchev–Trinajstić information content (AvgIpc) is 3.06. The van der Waals surface area contributed by atoms with Gasteiger partial charge in [-0.15, -0.1) is 22.9 Å². The lowest BCUT2D eigenvalue weighted by atomic mass is 10.3. The lowest BCUT2D eigenvalue weighted by Gasteiger charge is -2.07. The van der Waals surface area contributed by atoms with Crippen LogP contribution in [0.15, 0.2) is 34.8 Å². The van der Waals surface area contributed by atoms with Crippen LogP contribution in [0.2, 0.25) is 0 Å². The smallest absolute Gasteiger partial charge is 0.111 e. The van der Waals surface area contributed by atoms with Crippen molar-refractivity contribution in [2.75, 3.05) is 5.88 Å². The number of benzene rings is 1. The summed E-state index contributed by atoms with van der Waals surface area (Å²) >= 11 is 11.4. The predicted octanol–water partition coefficient (Wildman–Crippen LogP) is 5.25. The van der Waals surface area contributed by atoms with E-state index in [1.54, 1.807) is 0 Å². The fourth-order valence-electron chi connectivity index (χ4n) is 2.45. The third-order valence-corrected chi connectivity index (χ3v) is 5.38. The Morgan fingerprint density at radius 1 is 1.24 bits per heavy atom. The molecule has 0 N–H and O–H groups in total. The van der Waals surface area contributed by atoms with E-state index < -0.39 is 0 Å². The number of rotatable bonds is 5. The molecule has 0 aliphatic heterocycles. The first-order valence-corrected chi connectivity index (χ1v) is 9.14. The van der Waals surface area contributed by atoms with Gasteiger partial charge in [-0.25, -0.2) is 4.98 Å². The van der Waals surface area contributed by atoms with E-state index in [-0.39, 0.29) is 0 Å². The van der Waals surface area contributed by atoms with Crippen LogP contribution in [0.4, 0.5) is 0 Å². The fourth-order valence-corrected chi connectivity index (χ4v) is 3.92. The summed E-state index contributed by atoms with van der Waals surface area (Å²) in [4.78, 5) is 7.52. The van der Waals surface area contributed by atoms with E-state index in [0.29, 0.717) is 5.88 Å². The number of imidazole rings is 1. The van der Waals surface area contributed by atoms with E-state index in [4.69, 9.17) is 16.6 Å². The summed E-state index contributed by atoms with van der Waals surface area (Å²) in [6, 6.07) is 10.7. The molecule has 0 bridgehead atoms. The minimum absolute atomic E-state index is 0.592. The molecule has 0 spiro atoms. The minimum atomic E-state index is 0.592. The molecule has 0 fully saturated rings. The van der Waals surface area contributed by atoms with Crippen molar-refractivity contribution < 1.29 is 0 Å². The van der Waals surface area contributed by atoms with E-state index >= 15 is 0 Å². The SMILES string of the molecule is CCc1ccc(Cn2c(CCCl)nc3ccc(Br)cc32)s1. The summed E-state index contributed by atoms with van der Waals surface area (Å²) in [7, 11) is 0. The molecule has 0 amide bonds. The molecule has 0 atom stereocenters. The summed E-state index contributed by atoms with van der Waals surface area (Å²) < 4.78 is 3.36. The highest BCUT2D eigenvalue weighted by atomic mass is 79.9. The lowest BCUT2D eigenvalue weighted by Crippen LogP contribution is -2.04. The minimum Gasteiger partial charge on any atom is -0.323 e. The highest BCUT2D eigenvalue weighted by Gasteiger charge is 2.12. The van der Waals surface area contributed by atoms with Crippen molar-refractivity contribution in [3.8, 4) is 0 Å². The Bertz CT molecular complexity index is 763. The highest BCUT2D eigenvalue weighted by molar-refractivity contribution is 9.10. The summed E-state index contributed by atoms with van der Waals surface area (Å²) in [5.41, 5.74) is 2.20. The van der Waals surface area contributed by atoms with Crippen LogP contribution in [0.25, 0.3) is 11.0 Å². The van der Waals surface area contributed by atoms with Crippen molar-refractivity contribution in [3.05, 3.63) is 50.4 Å². The van der Waals surface area contributed by atoms with E-state index in [1.165, 1.54) is 9.75 Å². The monoisotopic (exact) mass is 382 g/mol. The third kappa shape index (κ3) is 3.17. The van der Waals surface area contributed by atoms with E-state index in [9.17, 15) is 0 Å². The van der Waals surface area contributed by atoms with Crippen LogP contribution >= 0.6 is 38.9 Å². The van der Waals surface area contributed by atoms with Crippen molar-refractivity contribution >= 4 is 49.9 Å². The summed E-state index contributed by atoms with van der Waals surface area (Å²) in [5.74, 6) is 1.65. The number of aromatic nitrogens is 2. The number of hydrogen-bond donors (Lipinski definition) is 0. The number of aryl methyl sites for hydroxylation is 2. The zero-order valence-electron chi connectivity index (χ0n) is 11.8. The number of alkyl halides is 1. The van der Waals surface area contributed by atoms with Crippen LogP contribution in [0, 0.1) is 0 Å². The number of halogens is 2. The molecular formula is C16H16BrClN2S. The third-order valence-electron chi connectivity index (χ3n) is 3.49. The molecule has 3 aromatic rings. The first kappa shape index (κ1) is 15.1. The lowest BCUT2D eigenvalue weighted by molar-refractivity contribution is 0.763. The molecule has 21 heavy (non-hydrogen) atoms. The summed E-state index contributed by atoms with van der Waals surface area (Å²) in [5, 5.41) is 0. The quantitative estimate of drug-likeness (QED) is 0.550. The Morgan fingerprint density at radius 2 is 2.05 bits per heavy atom. The van der Waals surface area contributed by atoms with Crippen molar-refractivity contribution in [3.63, 3.8) is 0 Å². The van der Waals surface area contributed by atoms with Crippen LogP contribution in [-0.2, 0) is 19.4 Å². The normalized spacial score (nSPS) is 11.4. The molecule has 2 heterocycles. The van der Waals surface area contributed by atoms with Crippen molar-refractivity contribution in [1.29, 1.82) is 0 Å².